The average Bonchev–Trinajstić information content (AvgIpc) is 2.60. The first kappa shape index (κ1) is 12.3. The van der Waals surface area contributed by atoms with Gasteiger partial charge in [-0.15, -0.1) is 0 Å². The van der Waals surface area contributed by atoms with Gasteiger partial charge < -0.3 is 0 Å². The second-order valence-electron chi connectivity index (χ2n) is 6.82. The maximum Gasteiger partial charge on any atom is 0.130 e. The van der Waals surface area contributed by atoms with Crippen molar-refractivity contribution in [2.75, 3.05) is 6.67 Å². The lowest BCUT2D eigenvalue weighted by molar-refractivity contribution is 0.566. The monoisotopic (exact) mass is 230 g/mol. The van der Waals surface area contributed by atoms with Gasteiger partial charge in [-0.25, -0.2) is 0 Å². The molecule has 2 nitrogen and oxygen atoms in total. The van der Waals surface area contributed by atoms with Crippen molar-refractivity contribution >= 4 is 0 Å². The van der Waals surface area contributed by atoms with Crippen LogP contribution < -0.4 is 10.7 Å². The molecule has 0 radical (unpaired) electrons. The molecular formula is C15H22N2. The molecule has 0 spiro atoms. The Balaban J connectivity index is 2.78. The van der Waals surface area contributed by atoms with E-state index in [-0.39, 0.29) is 10.8 Å². The Bertz CT molecular complexity index is 503. The van der Waals surface area contributed by atoms with Crippen LogP contribution in [0.15, 0.2) is 22.1 Å². The van der Waals surface area contributed by atoms with E-state index < -0.39 is 0 Å². The molecule has 0 bridgehead atoms. The third kappa shape index (κ3) is 2.13. The molecule has 1 aliphatic heterocycles. The summed E-state index contributed by atoms with van der Waals surface area (Å²) in [5.41, 5.74) is 2.87. The summed E-state index contributed by atoms with van der Waals surface area (Å²) in [6, 6.07) is 4.45. The molecule has 0 aliphatic carbocycles. The normalized spacial score (nSPS) is 15.2. The smallest absolute Gasteiger partial charge is 0.130 e. The Labute approximate surface area is 104 Å². The summed E-state index contributed by atoms with van der Waals surface area (Å²) in [6.07, 6.45) is 0. The van der Waals surface area contributed by atoms with Crippen molar-refractivity contribution in [3.05, 3.63) is 34.0 Å². The van der Waals surface area contributed by atoms with Gasteiger partial charge in [-0.2, -0.15) is 0 Å². The summed E-state index contributed by atoms with van der Waals surface area (Å²) >= 11 is 0. The second kappa shape index (κ2) is 3.66. The summed E-state index contributed by atoms with van der Waals surface area (Å²) < 4.78 is 0. The molecule has 0 amide bonds. The summed E-state index contributed by atoms with van der Waals surface area (Å²) in [6.45, 7) is 14.0. The Hall–Kier alpha value is -1.18. The molecule has 0 unspecified atom stereocenters. The van der Waals surface area contributed by atoms with Crippen LogP contribution in [0.1, 0.15) is 52.7 Å². The minimum absolute atomic E-state index is 0.129. The zero-order valence-corrected chi connectivity index (χ0v) is 11.8. The van der Waals surface area contributed by atoms with Gasteiger partial charge in [0, 0.05) is 0 Å². The van der Waals surface area contributed by atoms with Gasteiger partial charge in [-0.3, -0.25) is 9.98 Å². The van der Waals surface area contributed by atoms with Gasteiger partial charge in [-0.1, -0.05) is 53.7 Å². The molecule has 0 atom stereocenters. The zero-order chi connectivity index (χ0) is 12.8. The van der Waals surface area contributed by atoms with Crippen LogP contribution in [0.25, 0.3) is 0 Å². The lowest BCUT2D eigenvalue weighted by Crippen LogP contribution is -2.38. The number of hydrogen-bond donors (Lipinski definition) is 0. The van der Waals surface area contributed by atoms with Gasteiger partial charge in [0.25, 0.3) is 0 Å². The van der Waals surface area contributed by atoms with E-state index in [9.17, 15) is 0 Å². The van der Waals surface area contributed by atoms with E-state index in [0.717, 1.165) is 10.7 Å². The van der Waals surface area contributed by atoms with Crippen LogP contribution in [-0.4, -0.2) is 6.67 Å². The number of hydrogen-bond acceptors (Lipinski definition) is 2. The highest BCUT2D eigenvalue weighted by Gasteiger charge is 2.23. The quantitative estimate of drug-likeness (QED) is 0.654. The first-order valence-corrected chi connectivity index (χ1v) is 6.24. The predicted octanol–water partition coefficient (Wildman–Crippen LogP) is 2.49. The van der Waals surface area contributed by atoms with Crippen LogP contribution in [0.4, 0.5) is 0 Å². The zero-order valence-electron chi connectivity index (χ0n) is 11.8. The van der Waals surface area contributed by atoms with E-state index in [1.165, 1.54) is 11.1 Å². The van der Waals surface area contributed by atoms with E-state index in [1.807, 2.05) is 0 Å². The van der Waals surface area contributed by atoms with Crippen LogP contribution in [-0.2, 0) is 10.8 Å². The maximum absolute atomic E-state index is 4.57. The highest BCUT2D eigenvalue weighted by molar-refractivity contribution is 5.31. The molecule has 0 fully saturated rings. The van der Waals surface area contributed by atoms with Crippen molar-refractivity contribution in [3.8, 4) is 0 Å². The van der Waals surface area contributed by atoms with Crippen LogP contribution in [0.2, 0.25) is 0 Å². The Morgan fingerprint density at radius 2 is 1.12 bits per heavy atom. The van der Waals surface area contributed by atoms with Crippen LogP contribution in [0.3, 0.4) is 0 Å². The molecule has 92 valence electrons. The van der Waals surface area contributed by atoms with E-state index >= 15 is 0 Å². The molecule has 1 heterocycles. The fourth-order valence-electron chi connectivity index (χ4n) is 2.29. The van der Waals surface area contributed by atoms with E-state index in [2.05, 4.69) is 63.7 Å². The van der Waals surface area contributed by atoms with Gasteiger partial charge >= 0.3 is 0 Å². The molecule has 0 N–H and O–H groups in total. The van der Waals surface area contributed by atoms with Crippen molar-refractivity contribution < 1.29 is 0 Å². The third-order valence-electron chi connectivity index (χ3n) is 3.22. The van der Waals surface area contributed by atoms with Crippen molar-refractivity contribution in [2.24, 2.45) is 9.98 Å². The predicted molar refractivity (Wildman–Crippen MR) is 71.0 cm³/mol. The maximum atomic E-state index is 4.57. The molecule has 1 aromatic carbocycles. The van der Waals surface area contributed by atoms with Crippen LogP contribution in [0, 0.1) is 0 Å². The molecule has 1 aromatic rings. The topological polar surface area (TPSA) is 24.7 Å². The first-order valence-electron chi connectivity index (χ1n) is 6.24. The van der Waals surface area contributed by atoms with E-state index in [4.69, 9.17) is 0 Å². The van der Waals surface area contributed by atoms with Gasteiger partial charge in [0.2, 0.25) is 0 Å². The molecule has 17 heavy (non-hydrogen) atoms. The average molecular weight is 230 g/mol. The minimum Gasteiger partial charge on any atom is -0.259 e. The fourth-order valence-corrected chi connectivity index (χ4v) is 2.29. The summed E-state index contributed by atoms with van der Waals surface area (Å²) in [5, 5.41) is 2.23. The summed E-state index contributed by atoms with van der Waals surface area (Å²) in [4.78, 5) is 9.15. The Morgan fingerprint density at radius 3 is 1.41 bits per heavy atom. The summed E-state index contributed by atoms with van der Waals surface area (Å²) in [7, 11) is 0. The Kier molecular flexibility index (Phi) is 2.64. The van der Waals surface area contributed by atoms with Gasteiger partial charge in [0.05, 0.1) is 10.7 Å². The summed E-state index contributed by atoms with van der Waals surface area (Å²) in [5.74, 6) is 0. The van der Waals surface area contributed by atoms with Crippen LogP contribution in [0.5, 0.6) is 0 Å². The SMILES string of the molecule is CC(C)(C)c1ccc(C(C)(C)C)c2c1=NCN=2. The number of nitrogens with zero attached hydrogens (tertiary/aromatic N) is 2. The number of benzene rings is 1. The van der Waals surface area contributed by atoms with E-state index in [1.54, 1.807) is 0 Å². The van der Waals surface area contributed by atoms with Crippen molar-refractivity contribution in [3.63, 3.8) is 0 Å². The minimum atomic E-state index is 0.129. The molecule has 0 aromatic heterocycles. The van der Waals surface area contributed by atoms with Crippen LogP contribution >= 0.6 is 0 Å². The molecular weight excluding hydrogens is 208 g/mol. The Morgan fingerprint density at radius 1 is 0.765 bits per heavy atom. The van der Waals surface area contributed by atoms with Gasteiger partial charge in [0.15, 0.2) is 0 Å². The number of fused-ring (bicyclic) bond motifs is 1. The number of rotatable bonds is 0. The van der Waals surface area contributed by atoms with Crippen molar-refractivity contribution in [1.82, 2.24) is 0 Å². The highest BCUT2D eigenvalue weighted by Crippen LogP contribution is 2.22. The molecule has 2 rings (SSSR count). The van der Waals surface area contributed by atoms with E-state index in [0.29, 0.717) is 6.67 Å². The van der Waals surface area contributed by atoms with Gasteiger partial charge in [-0.05, 0) is 22.0 Å². The van der Waals surface area contributed by atoms with Crippen molar-refractivity contribution in [2.45, 2.75) is 52.4 Å². The second-order valence-corrected chi connectivity index (χ2v) is 6.82. The van der Waals surface area contributed by atoms with Gasteiger partial charge in [0.1, 0.15) is 6.67 Å². The lowest BCUT2D eigenvalue weighted by Gasteiger charge is -2.23. The third-order valence-corrected chi connectivity index (χ3v) is 3.22. The molecule has 2 heteroatoms. The molecule has 1 aliphatic rings. The first-order chi connectivity index (χ1) is 7.71. The highest BCUT2D eigenvalue weighted by atomic mass is 15.0. The molecule has 0 saturated heterocycles. The lowest BCUT2D eigenvalue weighted by atomic mass is 9.81. The molecule has 0 saturated carbocycles. The van der Waals surface area contributed by atoms with Crippen molar-refractivity contribution in [1.29, 1.82) is 0 Å². The standard InChI is InChI=1S/C15H22N2/c1-14(2,3)10-7-8-11(15(4,5)6)13-12(10)16-9-17-13/h7-8H,9H2,1-6H3. The largest absolute Gasteiger partial charge is 0.259 e. The fraction of sp³-hybridized carbons (Fsp3) is 0.600.